The quantitative estimate of drug-likeness (QED) is 0.542. The van der Waals surface area contributed by atoms with Gasteiger partial charge in [-0.15, -0.1) is 0 Å². The number of methoxy groups -OCH3 is 1. The Bertz CT molecular complexity index is 559. The molecular weight excluding hydrogens is 278 g/mol. The predicted octanol–water partition coefficient (Wildman–Crippen LogP) is 0.278. The molecule has 8 nitrogen and oxygen atoms in total. The van der Waals surface area contributed by atoms with Crippen molar-refractivity contribution < 1.29 is 23.9 Å². The molecule has 1 atom stereocenters. The standard InChI is InChI=1S/C13H17N3O5/c1-7(11(17)16-13(19)15-2)21-10-6-8(12(18)20-3)4-5-9(10)14/h4-7H,14H2,1-3H3,(H2,15,16,17,19). The highest BCUT2D eigenvalue weighted by atomic mass is 16.5. The summed E-state index contributed by atoms with van der Waals surface area (Å²) < 4.78 is 9.95. The Balaban J connectivity index is 2.84. The summed E-state index contributed by atoms with van der Waals surface area (Å²) in [4.78, 5) is 34.1. The number of esters is 1. The van der Waals surface area contributed by atoms with Crippen LogP contribution in [-0.2, 0) is 9.53 Å². The number of nitrogen functional groups attached to an aromatic ring is 1. The van der Waals surface area contributed by atoms with Gasteiger partial charge in [-0.05, 0) is 25.1 Å². The van der Waals surface area contributed by atoms with Crippen LogP contribution in [0.25, 0.3) is 0 Å². The number of ether oxygens (including phenoxy) is 2. The third-order valence-corrected chi connectivity index (χ3v) is 2.57. The minimum absolute atomic E-state index is 0.150. The molecule has 0 aliphatic rings. The van der Waals surface area contributed by atoms with E-state index in [4.69, 9.17) is 10.5 Å². The van der Waals surface area contributed by atoms with E-state index < -0.39 is 24.0 Å². The number of hydrogen-bond donors (Lipinski definition) is 3. The maximum absolute atomic E-state index is 11.7. The van der Waals surface area contributed by atoms with Crippen LogP contribution in [0.3, 0.4) is 0 Å². The SMILES string of the molecule is CNC(=O)NC(=O)C(C)Oc1cc(C(=O)OC)ccc1N. The first-order valence-electron chi connectivity index (χ1n) is 6.06. The molecule has 0 bridgehead atoms. The summed E-state index contributed by atoms with van der Waals surface area (Å²) in [5, 5.41) is 4.32. The van der Waals surface area contributed by atoms with E-state index in [0.717, 1.165) is 0 Å². The van der Waals surface area contributed by atoms with Gasteiger partial charge in [0.25, 0.3) is 5.91 Å². The molecule has 8 heteroatoms. The average molecular weight is 295 g/mol. The average Bonchev–Trinajstić information content (AvgIpc) is 2.48. The van der Waals surface area contributed by atoms with Crippen molar-refractivity contribution in [2.75, 3.05) is 19.9 Å². The number of anilines is 1. The fourth-order valence-corrected chi connectivity index (χ4v) is 1.40. The largest absolute Gasteiger partial charge is 0.479 e. The lowest BCUT2D eigenvalue weighted by Gasteiger charge is -2.16. The fourth-order valence-electron chi connectivity index (χ4n) is 1.40. The van der Waals surface area contributed by atoms with E-state index >= 15 is 0 Å². The summed E-state index contributed by atoms with van der Waals surface area (Å²) in [5.74, 6) is -1.04. The third kappa shape index (κ3) is 4.37. The van der Waals surface area contributed by atoms with Crippen molar-refractivity contribution in [2.45, 2.75) is 13.0 Å². The van der Waals surface area contributed by atoms with Crippen molar-refractivity contribution in [2.24, 2.45) is 0 Å². The summed E-state index contributed by atoms with van der Waals surface area (Å²) in [7, 11) is 2.63. The molecule has 21 heavy (non-hydrogen) atoms. The maximum Gasteiger partial charge on any atom is 0.337 e. The second-order valence-corrected chi connectivity index (χ2v) is 4.07. The van der Waals surface area contributed by atoms with Gasteiger partial charge in [0.2, 0.25) is 0 Å². The van der Waals surface area contributed by atoms with E-state index in [2.05, 4.69) is 15.4 Å². The number of hydrogen-bond acceptors (Lipinski definition) is 6. The molecule has 1 unspecified atom stereocenters. The molecule has 4 N–H and O–H groups in total. The number of carbonyl (C=O) groups excluding carboxylic acids is 3. The Morgan fingerprint density at radius 2 is 1.95 bits per heavy atom. The molecule has 0 fully saturated rings. The number of imide groups is 1. The summed E-state index contributed by atoms with van der Waals surface area (Å²) >= 11 is 0. The van der Waals surface area contributed by atoms with Crippen LogP contribution in [0.5, 0.6) is 5.75 Å². The van der Waals surface area contributed by atoms with Crippen LogP contribution >= 0.6 is 0 Å². The lowest BCUT2D eigenvalue weighted by molar-refractivity contribution is -0.126. The molecule has 0 saturated heterocycles. The molecule has 1 rings (SSSR count). The van der Waals surface area contributed by atoms with Gasteiger partial charge in [0, 0.05) is 7.05 Å². The van der Waals surface area contributed by atoms with Gasteiger partial charge in [0.1, 0.15) is 5.75 Å². The number of nitrogens with one attached hydrogen (secondary N) is 2. The van der Waals surface area contributed by atoms with Gasteiger partial charge in [-0.25, -0.2) is 9.59 Å². The number of rotatable bonds is 4. The molecule has 0 saturated carbocycles. The topological polar surface area (TPSA) is 120 Å². The summed E-state index contributed by atoms with van der Waals surface area (Å²) in [6.07, 6.45) is -0.975. The number of benzene rings is 1. The zero-order valence-corrected chi connectivity index (χ0v) is 11.9. The van der Waals surface area contributed by atoms with Gasteiger partial charge in [-0.3, -0.25) is 10.1 Å². The van der Waals surface area contributed by atoms with Gasteiger partial charge in [-0.1, -0.05) is 0 Å². The van der Waals surface area contributed by atoms with Crippen LogP contribution in [0.2, 0.25) is 0 Å². The first-order valence-corrected chi connectivity index (χ1v) is 6.06. The molecule has 0 aliphatic heterocycles. The smallest absolute Gasteiger partial charge is 0.337 e. The highest BCUT2D eigenvalue weighted by molar-refractivity contribution is 5.96. The van der Waals surface area contributed by atoms with Crippen molar-refractivity contribution in [3.8, 4) is 5.75 Å². The van der Waals surface area contributed by atoms with Crippen LogP contribution < -0.4 is 21.1 Å². The van der Waals surface area contributed by atoms with E-state index in [1.165, 1.54) is 39.3 Å². The molecule has 0 heterocycles. The molecule has 1 aromatic rings. The summed E-state index contributed by atoms with van der Waals surface area (Å²) in [5.41, 5.74) is 6.21. The minimum Gasteiger partial charge on any atom is -0.479 e. The lowest BCUT2D eigenvalue weighted by atomic mass is 10.2. The summed E-state index contributed by atoms with van der Waals surface area (Å²) in [6.45, 7) is 1.45. The number of carbonyl (C=O) groups is 3. The molecule has 3 amide bonds. The van der Waals surface area contributed by atoms with Gasteiger partial charge in [-0.2, -0.15) is 0 Å². The first-order chi connectivity index (χ1) is 9.88. The van der Waals surface area contributed by atoms with Crippen molar-refractivity contribution in [3.05, 3.63) is 23.8 Å². The van der Waals surface area contributed by atoms with Gasteiger partial charge in [0.15, 0.2) is 6.10 Å². The number of amides is 3. The van der Waals surface area contributed by atoms with E-state index in [0.29, 0.717) is 0 Å². The second kappa shape index (κ2) is 7.13. The van der Waals surface area contributed by atoms with E-state index in [1.54, 1.807) is 0 Å². The highest BCUT2D eigenvalue weighted by Crippen LogP contribution is 2.24. The van der Waals surface area contributed by atoms with Crippen molar-refractivity contribution >= 4 is 23.6 Å². The molecule has 0 aromatic heterocycles. The Hall–Kier alpha value is -2.77. The molecule has 0 aliphatic carbocycles. The van der Waals surface area contributed by atoms with Crippen LogP contribution in [0, 0.1) is 0 Å². The summed E-state index contributed by atoms with van der Waals surface area (Å²) in [6, 6.07) is 3.66. The minimum atomic E-state index is -0.975. The van der Waals surface area contributed by atoms with Crippen LogP contribution in [0.1, 0.15) is 17.3 Å². The zero-order chi connectivity index (χ0) is 16.0. The Morgan fingerprint density at radius 3 is 2.52 bits per heavy atom. The molecule has 114 valence electrons. The Kier molecular flexibility index (Phi) is 5.53. The zero-order valence-electron chi connectivity index (χ0n) is 11.9. The monoisotopic (exact) mass is 295 g/mol. The fraction of sp³-hybridized carbons (Fsp3) is 0.308. The number of nitrogens with two attached hydrogens (primary N) is 1. The van der Waals surface area contributed by atoms with E-state index in [1.807, 2.05) is 0 Å². The van der Waals surface area contributed by atoms with Crippen LogP contribution in [-0.4, -0.2) is 38.2 Å². The predicted molar refractivity (Wildman–Crippen MR) is 74.9 cm³/mol. The van der Waals surface area contributed by atoms with Crippen molar-refractivity contribution in [1.29, 1.82) is 0 Å². The normalized spacial score (nSPS) is 11.2. The molecule has 1 aromatic carbocycles. The first kappa shape index (κ1) is 16.3. The van der Waals surface area contributed by atoms with Crippen LogP contribution in [0.4, 0.5) is 10.5 Å². The van der Waals surface area contributed by atoms with Gasteiger partial charge >= 0.3 is 12.0 Å². The molecule has 0 spiro atoms. The second-order valence-electron chi connectivity index (χ2n) is 4.07. The van der Waals surface area contributed by atoms with Crippen molar-refractivity contribution in [1.82, 2.24) is 10.6 Å². The van der Waals surface area contributed by atoms with Gasteiger partial charge < -0.3 is 20.5 Å². The van der Waals surface area contributed by atoms with E-state index in [-0.39, 0.29) is 17.0 Å². The third-order valence-electron chi connectivity index (χ3n) is 2.57. The van der Waals surface area contributed by atoms with Gasteiger partial charge in [0.05, 0.1) is 18.4 Å². The maximum atomic E-state index is 11.7. The van der Waals surface area contributed by atoms with Crippen molar-refractivity contribution in [3.63, 3.8) is 0 Å². The van der Waals surface area contributed by atoms with Crippen LogP contribution in [0.15, 0.2) is 18.2 Å². The number of urea groups is 1. The Morgan fingerprint density at radius 1 is 1.29 bits per heavy atom. The Labute approximate surface area is 121 Å². The van der Waals surface area contributed by atoms with E-state index in [9.17, 15) is 14.4 Å². The highest BCUT2D eigenvalue weighted by Gasteiger charge is 2.19. The lowest BCUT2D eigenvalue weighted by Crippen LogP contribution is -2.44. The molecule has 0 radical (unpaired) electrons. The molecular formula is C13H17N3O5.